The molecule has 0 radical (unpaired) electrons. The Morgan fingerprint density at radius 3 is 2.54 bits per heavy atom. The third-order valence-corrected chi connectivity index (χ3v) is 3.75. The maximum atomic E-state index is 13.4. The van der Waals surface area contributed by atoms with E-state index in [1.165, 1.54) is 13.2 Å². The average molecular weight is 341 g/mol. The number of aryl methyl sites for hydroxylation is 2. The van der Waals surface area contributed by atoms with Gasteiger partial charge in [0.2, 0.25) is 11.5 Å². The Hall–Kier alpha value is -2.35. The van der Waals surface area contributed by atoms with Gasteiger partial charge in [-0.05, 0) is 18.1 Å². The number of carbonyl (C=O) groups is 1. The lowest BCUT2D eigenvalue weighted by Gasteiger charge is -2.29. The molecule has 1 amide bonds. The lowest BCUT2D eigenvalue weighted by atomic mass is 9.97. The number of amides is 1. The summed E-state index contributed by atoms with van der Waals surface area (Å²) >= 11 is 0. The van der Waals surface area contributed by atoms with Crippen LogP contribution in [0.15, 0.2) is 36.7 Å². The molecule has 0 aliphatic heterocycles. The highest BCUT2D eigenvalue weighted by Gasteiger charge is 2.58. The third kappa shape index (κ3) is 3.43. The van der Waals surface area contributed by atoms with Crippen LogP contribution in [0.5, 0.6) is 0 Å². The highest BCUT2D eigenvalue weighted by Crippen LogP contribution is 2.40. The Balaban J connectivity index is 2.28. The zero-order chi connectivity index (χ0) is 18.0. The molecule has 0 saturated heterocycles. The quantitative estimate of drug-likeness (QED) is 0.879. The van der Waals surface area contributed by atoms with Gasteiger partial charge in [0.05, 0.1) is 6.42 Å². The second-order valence-electron chi connectivity index (χ2n) is 5.46. The first-order chi connectivity index (χ1) is 11.2. The molecule has 1 aromatic heterocycles. The van der Waals surface area contributed by atoms with E-state index in [1.54, 1.807) is 24.3 Å². The number of nitrogens with one attached hydrogen (secondary N) is 1. The van der Waals surface area contributed by atoms with Crippen molar-refractivity contribution in [1.82, 2.24) is 9.55 Å². The van der Waals surface area contributed by atoms with E-state index in [9.17, 15) is 23.1 Å². The van der Waals surface area contributed by atoms with Crippen molar-refractivity contribution in [2.75, 3.05) is 5.32 Å². The Kier molecular flexibility index (Phi) is 4.98. The average Bonchev–Trinajstić information content (AvgIpc) is 2.93. The SMILES string of the molecule is CCc1ccccc1NC(=O)CC(O)(c1nccn1C)C(F)(F)F. The zero-order valence-corrected chi connectivity index (χ0v) is 13.3. The number of benzene rings is 1. The molecular formula is C16H18F3N3O2. The smallest absolute Gasteiger partial charge is 0.374 e. The zero-order valence-electron chi connectivity index (χ0n) is 13.3. The first kappa shape index (κ1) is 18.0. The number of nitrogens with zero attached hydrogens (tertiary/aromatic N) is 2. The molecule has 1 heterocycles. The predicted molar refractivity (Wildman–Crippen MR) is 82.2 cm³/mol. The van der Waals surface area contributed by atoms with Crippen molar-refractivity contribution in [3.63, 3.8) is 0 Å². The van der Waals surface area contributed by atoms with Gasteiger partial charge >= 0.3 is 6.18 Å². The third-order valence-electron chi connectivity index (χ3n) is 3.75. The molecule has 0 bridgehead atoms. The van der Waals surface area contributed by atoms with Crippen molar-refractivity contribution in [2.45, 2.75) is 31.5 Å². The number of halogens is 3. The van der Waals surface area contributed by atoms with Gasteiger partial charge in [0.15, 0.2) is 5.82 Å². The minimum absolute atomic E-state index is 0.425. The monoisotopic (exact) mass is 341 g/mol. The van der Waals surface area contributed by atoms with Crippen molar-refractivity contribution in [3.8, 4) is 0 Å². The molecule has 24 heavy (non-hydrogen) atoms. The van der Waals surface area contributed by atoms with Gasteiger partial charge in [-0.15, -0.1) is 0 Å². The van der Waals surface area contributed by atoms with Crippen LogP contribution in [0.25, 0.3) is 0 Å². The molecule has 2 rings (SSSR count). The summed E-state index contributed by atoms with van der Waals surface area (Å²) in [4.78, 5) is 15.7. The van der Waals surface area contributed by atoms with Crippen LogP contribution in [0, 0.1) is 0 Å². The van der Waals surface area contributed by atoms with Gasteiger partial charge in [-0.2, -0.15) is 13.2 Å². The molecule has 5 nitrogen and oxygen atoms in total. The van der Waals surface area contributed by atoms with E-state index >= 15 is 0 Å². The van der Waals surface area contributed by atoms with E-state index in [2.05, 4.69) is 10.3 Å². The number of rotatable bonds is 5. The van der Waals surface area contributed by atoms with E-state index in [-0.39, 0.29) is 0 Å². The van der Waals surface area contributed by atoms with Crippen molar-refractivity contribution < 1.29 is 23.1 Å². The van der Waals surface area contributed by atoms with Crippen LogP contribution >= 0.6 is 0 Å². The second-order valence-corrected chi connectivity index (χ2v) is 5.46. The minimum atomic E-state index is -5.05. The summed E-state index contributed by atoms with van der Waals surface area (Å²) in [6.45, 7) is 1.87. The van der Waals surface area contributed by atoms with Crippen LogP contribution in [0.1, 0.15) is 24.7 Å². The van der Waals surface area contributed by atoms with E-state index in [0.29, 0.717) is 12.1 Å². The topological polar surface area (TPSA) is 67.2 Å². The van der Waals surface area contributed by atoms with Crippen LogP contribution in [-0.4, -0.2) is 26.7 Å². The van der Waals surface area contributed by atoms with Gasteiger partial charge in [0.25, 0.3) is 0 Å². The molecule has 1 aromatic carbocycles. The molecule has 1 unspecified atom stereocenters. The van der Waals surface area contributed by atoms with Crippen molar-refractivity contribution >= 4 is 11.6 Å². The fourth-order valence-electron chi connectivity index (χ4n) is 2.45. The number of hydrogen-bond donors (Lipinski definition) is 2. The maximum Gasteiger partial charge on any atom is 0.425 e. The molecule has 130 valence electrons. The number of aliphatic hydroxyl groups is 1. The number of anilines is 1. The number of para-hydroxylation sites is 1. The van der Waals surface area contributed by atoms with E-state index in [1.807, 2.05) is 6.92 Å². The molecule has 0 aliphatic carbocycles. The summed E-state index contributed by atoms with van der Waals surface area (Å²) in [5.41, 5.74) is -2.15. The second kappa shape index (κ2) is 6.64. The number of hydrogen-bond acceptors (Lipinski definition) is 3. The standard InChI is InChI=1S/C16H18F3N3O2/c1-3-11-6-4-5-7-12(11)21-13(23)10-15(24,16(17,18)19)14-20-8-9-22(14)2/h4-9,24H,3,10H2,1-2H3,(H,21,23). The summed E-state index contributed by atoms with van der Waals surface area (Å²) in [5.74, 6) is -1.58. The maximum absolute atomic E-state index is 13.4. The fraction of sp³-hybridized carbons (Fsp3) is 0.375. The molecule has 0 fully saturated rings. The van der Waals surface area contributed by atoms with Gasteiger partial charge in [0.1, 0.15) is 0 Å². The number of imidazole rings is 1. The van der Waals surface area contributed by atoms with Crippen LogP contribution < -0.4 is 5.32 Å². The van der Waals surface area contributed by atoms with Crippen LogP contribution in [-0.2, 0) is 23.9 Å². The minimum Gasteiger partial charge on any atom is -0.374 e. The Morgan fingerprint density at radius 1 is 1.33 bits per heavy atom. The molecule has 1 atom stereocenters. The van der Waals surface area contributed by atoms with Gasteiger partial charge in [-0.3, -0.25) is 4.79 Å². The number of aromatic nitrogens is 2. The summed E-state index contributed by atoms with van der Waals surface area (Å²) in [6.07, 6.45) is -3.21. The number of alkyl halides is 3. The summed E-state index contributed by atoms with van der Waals surface area (Å²) in [5, 5.41) is 12.6. The Bertz CT molecular complexity index is 727. The first-order valence-corrected chi connectivity index (χ1v) is 7.33. The molecule has 0 saturated carbocycles. The predicted octanol–water partition coefficient (Wildman–Crippen LogP) is 2.76. The van der Waals surface area contributed by atoms with Gasteiger partial charge in [-0.25, -0.2) is 4.98 Å². The Labute approximate surface area is 137 Å². The summed E-state index contributed by atoms with van der Waals surface area (Å²) < 4.78 is 41.3. The normalized spacial score (nSPS) is 14.2. The highest BCUT2D eigenvalue weighted by atomic mass is 19.4. The highest BCUT2D eigenvalue weighted by molar-refractivity contribution is 5.92. The molecule has 2 N–H and O–H groups in total. The van der Waals surface area contributed by atoms with Gasteiger partial charge in [-0.1, -0.05) is 25.1 Å². The van der Waals surface area contributed by atoms with Crippen molar-refractivity contribution in [3.05, 3.63) is 48.0 Å². The van der Waals surface area contributed by atoms with E-state index in [4.69, 9.17) is 0 Å². The summed E-state index contributed by atoms with van der Waals surface area (Å²) in [7, 11) is 1.32. The number of carbonyl (C=O) groups excluding carboxylic acids is 1. The van der Waals surface area contributed by atoms with Gasteiger partial charge in [0, 0.05) is 25.1 Å². The molecule has 0 spiro atoms. The van der Waals surface area contributed by atoms with Gasteiger partial charge < -0.3 is 15.0 Å². The van der Waals surface area contributed by atoms with Crippen molar-refractivity contribution in [2.24, 2.45) is 7.05 Å². The summed E-state index contributed by atoms with van der Waals surface area (Å²) in [6, 6.07) is 6.81. The van der Waals surface area contributed by atoms with Crippen LogP contribution in [0.4, 0.5) is 18.9 Å². The molecule has 0 aliphatic rings. The fourth-order valence-corrected chi connectivity index (χ4v) is 2.45. The largest absolute Gasteiger partial charge is 0.425 e. The van der Waals surface area contributed by atoms with Crippen LogP contribution in [0.3, 0.4) is 0 Å². The van der Waals surface area contributed by atoms with E-state index in [0.717, 1.165) is 16.3 Å². The lowest BCUT2D eigenvalue weighted by Crippen LogP contribution is -2.46. The molecule has 2 aromatic rings. The first-order valence-electron chi connectivity index (χ1n) is 7.33. The van der Waals surface area contributed by atoms with Crippen LogP contribution in [0.2, 0.25) is 0 Å². The Morgan fingerprint density at radius 2 is 2.00 bits per heavy atom. The van der Waals surface area contributed by atoms with E-state index < -0.39 is 29.9 Å². The lowest BCUT2D eigenvalue weighted by molar-refractivity contribution is -0.270. The van der Waals surface area contributed by atoms with Crippen molar-refractivity contribution in [1.29, 1.82) is 0 Å². The molecule has 8 heteroatoms. The molecular weight excluding hydrogens is 323 g/mol.